The Bertz CT molecular complexity index is 1620. The molecule has 0 saturated heterocycles. The number of hydrogen-bond acceptors (Lipinski definition) is 6. The lowest BCUT2D eigenvalue weighted by atomic mass is 10.0. The molecule has 0 fully saturated rings. The van der Waals surface area contributed by atoms with Gasteiger partial charge in [-0.15, -0.1) is 0 Å². The molecule has 0 radical (unpaired) electrons. The Morgan fingerprint density at radius 1 is 0.957 bits per heavy atom. The van der Waals surface area contributed by atoms with E-state index in [1.807, 2.05) is 42.7 Å². The predicted molar refractivity (Wildman–Crippen MR) is 177 cm³/mol. The maximum absolute atomic E-state index is 13.1. The molecule has 0 aliphatic heterocycles. The van der Waals surface area contributed by atoms with E-state index in [9.17, 15) is 17.8 Å². The standard InChI is InChI=1S/C36H40F2N2O5S/c1-4-18-40-25-39-26(3)34(40)24-46(42)33-15-6-27(7-16-33)22-31(41)12-8-30-23-29(11-17-35(30)45-36(37)38)28-9-13-32(14-10-28)44-21-20-43-19-5-2/h6-17,23,25,36H,4-5,18-22,24H2,1-3H3/b12-8+. The number of carbonyl (C=O) groups is 1. The van der Waals surface area contributed by atoms with E-state index in [1.54, 1.807) is 42.7 Å². The molecule has 4 rings (SSSR count). The second-order valence-electron chi connectivity index (χ2n) is 10.7. The minimum absolute atomic E-state index is 0.0304. The van der Waals surface area contributed by atoms with Crippen LogP contribution in [-0.2, 0) is 39.0 Å². The van der Waals surface area contributed by atoms with E-state index >= 15 is 0 Å². The van der Waals surface area contributed by atoms with Crippen LogP contribution in [0.25, 0.3) is 17.2 Å². The molecule has 0 bridgehead atoms. The lowest BCUT2D eigenvalue weighted by Crippen LogP contribution is -2.07. The third-order valence-electron chi connectivity index (χ3n) is 7.16. The van der Waals surface area contributed by atoms with E-state index < -0.39 is 17.4 Å². The van der Waals surface area contributed by atoms with E-state index in [0.29, 0.717) is 41.8 Å². The molecule has 1 atom stereocenters. The van der Waals surface area contributed by atoms with Gasteiger partial charge in [0.05, 0.1) is 40.9 Å². The van der Waals surface area contributed by atoms with Gasteiger partial charge in [-0.2, -0.15) is 8.78 Å². The van der Waals surface area contributed by atoms with Crippen LogP contribution < -0.4 is 9.47 Å². The summed E-state index contributed by atoms with van der Waals surface area (Å²) < 4.78 is 57.2. The van der Waals surface area contributed by atoms with Gasteiger partial charge < -0.3 is 18.8 Å². The summed E-state index contributed by atoms with van der Waals surface area (Å²) in [5.74, 6) is 0.811. The molecule has 46 heavy (non-hydrogen) atoms. The van der Waals surface area contributed by atoms with Crippen LogP contribution in [0.4, 0.5) is 8.78 Å². The number of rotatable bonds is 18. The van der Waals surface area contributed by atoms with Crippen LogP contribution in [-0.4, -0.2) is 46.0 Å². The van der Waals surface area contributed by atoms with Gasteiger partial charge in [-0.05, 0) is 85.0 Å². The van der Waals surface area contributed by atoms with Crippen LogP contribution in [0.15, 0.2) is 84.0 Å². The molecule has 10 heteroatoms. The Hall–Kier alpha value is -4.15. The number of hydrogen-bond donors (Lipinski definition) is 0. The number of benzene rings is 3. The third kappa shape index (κ3) is 10.2. The van der Waals surface area contributed by atoms with Crippen molar-refractivity contribution < 1.29 is 32.0 Å². The predicted octanol–water partition coefficient (Wildman–Crippen LogP) is 7.81. The molecule has 1 heterocycles. The van der Waals surface area contributed by atoms with Crippen LogP contribution >= 0.6 is 0 Å². The fourth-order valence-corrected chi connectivity index (χ4v) is 6.04. The second-order valence-corrected chi connectivity index (χ2v) is 12.1. The number of ketones is 1. The average molecular weight is 651 g/mol. The number of imidazole rings is 1. The molecular weight excluding hydrogens is 610 g/mol. The Morgan fingerprint density at radius 3 is 2.39 bits per heavy atom. The summed E-state index contributed by atoms with van der Waals surface area (Å²) >= 11 is 0. The van der Waals surface area contributed by atoms with Crippen LogP contribution in [0.5, 0.6) is 11.5 Å². The number of nitrogens with zero attached hydrogens (tertiary/aromatic N) is 2. The van der Waals surface area contributed by atoms with E-state index in [4.69, 9.17) is 14.2 Å². The first-order valence-electron chi connectivity index (χ1n) is 15.4. The van der Waals surface area contributed by atoms with Crippen molar-refractivity contribution in [3.05, 3.63) is 102 Å². The molecular formula is C36H40F2N2O5S. The van der Waals surface area contributed by atoms with Crippen LogP contribution in [0.2, 0.25) is 0 Å². The van der Waals surface area contributed by atoms with Crippen molar-refractivity contribution in [1.82, 2.24) is 9.55 Å². The maximum Gasteiger partial charge on any atom is 0.387 e. The summed E-state index contributed by atoms with van der Waals surface area (Å²) in [5.41, 5.74) is 4.54. The molecule has 1 unspecified atom stereocenters. The van der Waals surface area contributed by atoms with Gasteiger partial charge >= 0.3 is 6.61 Å². The van der Waals surface area contributed by atoms with E-state index in [1.165, 1.54) is 18.2 Å². The van der Waals surface area contributed by atoms with Gasteiger partial charge in [0.2, 0.25) is 0 Å². The van der Waals surface area contributed by atoms with Gasteiger partial charge in [0.15, 0.2) is 5.78 Å². The van der Waals surface area contributed by atoms with Gasteiger partial charge in [0.25, 0.3) is 0 Å². The summed E-state index contributed by atoms with van der Waals surface area (Å²) in [6.07, 6.45) is 6.64. The molecule has 0 saturated carbocycles. The molecule has 4 aromatic rings. The van der Waals surface area contributed by atoms with Gasteiger partial charge in [0.1, 0.15) is 18.1 Å². The number of allylic oxidation sites excluding steroid dienone is 1. The van der Waals surface area contributed by atoms with E-state index in [-0.39, 0.29) is 18.0 Å². The molecule has 244 valence electrons. The molecule has 1 aromatic heterocycles. The molecule has 0 amide bonds. The quantitative estimate of drug-likeness (QED) is 0.0808. The summed E-state index contributed by atoms with van der Waals surface area (Å²) in [7, 11) is -1.26. The lowest BCUT2D eigenvalue weighted by molar-refractivity contribution is -0.113. The first kappa shape index (κ1) is 34.7. The number of halogens is 2. The Labute approximate surface area is 271 Å². The average Bonchev–Trinajstić information content (AvgIpc) is 3.39. The fraction of sp³-hybridized carbons (Fsp3) is 0.333. The zero-order valence-electron chi connectivity index (χ0n) is 26.4. The highest BCUT2D eigenvalue weighted by Crippen LogP contribution is 2.30. The van der Waals surface area contributed by atoms with Gasteiger partial charge in [-0.3, -0.25) is 9.00 Å². The molecule has 0 aliphatic carbocycles. The third-order valence-corrected chi connectivity index (χ3v) is 8.49. The minimum atomic E-state index is -3.01. The van der Waals surface area contributed by atoms with E-state index in [0.717, 1.165) is 47.5 Å². The largest absolute Gasteiger partial charge is 0.491 e. The molecule has 0 aliphatic rings. The molecule has 0 spiro atoms. The smallest absolute Gasteiger partial charge is 0.387 e. The Balaban J connectivity index is 1.40. The Kier molecular flexibility index (Phi) is 13.2. The zero-order chi connectivity index (χ0) is 32.9. The number of carbonyl (C=O) groups excluding carboxylic acids is 1. The van der Waals surface area contributed by atoms with Gasteiger partial charge in [-0.1, -0.05) is 44.2 Å². The molecule has 7 nitrogen and oxygen atoms in total. The van der Waals surface area contributed by atoms with Crippen molar-refractivity contribution in [3.8, 4) is 22.6 Å². The van der Waals surface area contributed by atoms with Crippen molar-refractivity contribution in [2.24, 2.45) is 0 Å². The highest BCUT2D eigenvalue weighted by atomic mass is 32.2. The summed E-state index contributed by atoms with van der Waals surface area (Å²) in [5, 5.41) is 0. The monoisotopic (exact) mass is 650 g/mol. The summed E-state index contributed by atoms with van der Waals surface area (Å²) in [4.78, 5) is 17.9. The van der Waals surface area contributed by atoms with Crippen molar-refractivity contribution in [1.29, 1.82) is 0 Å². The summed E-state index contributed by atoms with van der Waals surface area (Å²) in [6, 6.07) is 19.4. The topological polar surface area (TPSA) is 79.7 Å². The van der Waals surface area contributed by atoms with Crippen molar-refractivity contribution in [3.63, 3.8) is 0 Å². The molecule has 0 N–H and O–H groups in total. The van der Waals surface area contributed by atoms with Crippen molar-refractivity contribution in [2.75, 3.05) is 19.8 Å². The minimum Gasteiger partial charge on any atom is -0.491 e. The first-order chi connectivity index (χ1) is 22.3. The van der Waals surface area contributed by atoms with Crippen LogP contribution in [0.1, 0.15) is 49.2 Å². The van der Waals surface area contributed by atoms with Gasteiger partial charge in [0, 0.05) is 30.0 Å². The zero-order valence-corrected chi connectivity index (χ0v) is 27.2. The normalized spacial score (nSPS) is 12.1. The van der Waals surface area contributed by atoms with Crippen LogP contribution in [0.3, 0.4) is 0 Å². The van der Waals surface area contributed by atoms with Crippen molar-refractivity contribution >= 4 is 22.7 Å². The van der Waals surface area contributed by atoms with Gasteiger partial charge in [-0.25, -0.2) is 4.98 Å². The first-order valence-corrected chi connectivity index (χ1v) is 16.7. The molecule has 3 aromatic carbocycles. The highest BCUT2D eigenvalue weighted by Gasteiger charge is 2.14. The Morgan fingerprint density at radius 2 is 1.70 bits per heavy atom. The summed E-state index contributed by atoms with van der Waals surface area (Å²) in [6.45, 7) is 5.51. The number of ether oxygens (including phenoxy) is 3. The fourth-order valence-electron chi connectivity index (χ4n) is 4.81. The van der Waals surface area contributed by atoms with Crippen molar-refractivity contribution in [2.45, 2.75) is 63.8 Å². The van der Waals surface area contributed by atoms with E-state index in [2.05, 4.69) is 11.9 Å². The number of aryl methyl sites for hydroxylation is 2. The second kappa shape index (κ2) is 17.5. The van der Waals surface area contributed by atoms with Crippen LogP contribution in [0, 0.1) is 6.92 Å². The lowest BCUT2D eigenvalue weighted by Gasteiger charge is -2.11. The highest BCUT2D eigenvalue weighted by molar-refractivity contribution is 7.84. The SMILES string of the molecule is CCCOCCOc1ccc(-c2ccc(OC(F)F)c(/C=C/C(=O)Cc3ccc(S(=O)Cc4c(C)ncn4CCC)cc3)c2)cc1. The maximum atomic E-state index is 13.1. The number of aromatic nitrogens is 2. The number of alkyl halides is 2.